The number of rotatable bonds is 5. The van der Waals surface area contributed by atoms with Crippen molar-refractivity contribution < 1.29 is 0 Å². The minimum absolute atomic E-state index is 0.243. The molecular weight excluding hydrogens is 182 g/mol. The molecule has 0 saturated carbocycles. The van der Waals surface area contributed by atoms with Gasteiger partial charge in [0, 0.05) is 30.2 Å². The van der Waals surface area contributed by atoms with Gasteiger partial charge >= 0.3 is 0 Å². The standard InChI is InChI=1S/C9H17N3S/c1-7(2)9(10)5-11-3-8-4-12-6-13-8/h4,6-7,9,11H,3,5,10H2,1-2H3. The van der Waals surface area contributed by atoms with Gasteiger partial charge in [0.05, 0.1) is 5.51 Å². The van der Waals surface area contributed by atoms with Crippen LogP contribution in [0.4, 0.5) is 0 Å². The number of nitrogens with one attached hydrogen (secondary N) is 1. The first-order chi connectivity index (χ1) is 6.20. The lowest BCUT2D eigenvalue weighted by Crippen LogP contribution is -2.37. The van der Waals surface area contributed by atoms with Crippen LogP contribution < -0.4 is 11.1 Å². The van der Waals surface area contributed by atoms with E-state index >= 15 is 0 Å². The molecule has 0 aliphatic rings. The summed E-state index contributed by atoms with van der Waals surface area (Å²) in [5.74, 6) is 0.536. The van der Waals surface area contributed by atoms with Gasteiger partial charge in [-0.1, -0.05) is 13.8 Å². The van der Waals surface area contributed by atoms with Crippen LogP contribution in [-0.2, 0) is 6.54 Å². The van der Waals surface area contributed by atoms with Crippen LogP contribution in [0, 0.1) is 5.92 Å². The van der Waals surface area contributed by atoms with Crippen molar-refractivity contribution in [3.8, 4) is 0 Å². The molecule has 1 atom stereocenters. The van der Waals surface area contributed by atoms with E-state index in [4.69, 9.17) is 5.73 Å². The van der Waals surface area contributed by atoms with Gasteiger partial charge in [0.25, 0.3) is 0 Å². The van der Waals surface area contributed by atoms with Crippen molar-refractivity contribution in [1.29, 1.82) is 0 Å². The van der Waals surface area contributed by atoms with Gasteiger partial charge in [-0.25, -0.2) is 0 Å². The molecule has 0 spiro atoms. The summed E-state index contributed by atoms with van der Waals surface area (Å²) in [5.41, 5.74) is 7.73. The number of nitrogens with two attached hydrogens (primary N) is 1. The molecule has 3 nitrogen and oxygen atoms in total. The second-order valence-electron chi connectivity index (χ2n) is 3.51. The van der Waals surface area contributed by atoms with E-state index in [9.17, 15) is 0 Å². The lowest BCUT2D eigenvalue weighted by atomic mass is 10.1. The average Bonchev–Trinajstić information content (AvgIpc) is 2.56. The Balaban J connectivity index is 2.14. The zero-order valence-corrected chi connectivity index (χ0v) is 8.97. The lowest BCUT2D eigenvalue weighted by molar-refractivity contribution is 0.459. The van der Waals surface area contributed by atoms with E-state index in [-0.39, 0.29) is 6.04 Å². The minimum atomic E-state index is 0.243. The molecular formula is C9H17N3S. The summed E-state index contributed by atoms with van der Waals surface area (Å²) >= 11 is 1.67. The predicted molar refractivity (Wildman–Crippen MR) is 56.6 cm³/mol. The van der Waals surface area contributed by atoms with Crippen LogP contribution in [0.3, 0.4) is 0 Å². The monoisotopic (exact) mass is 199 g/mol. The lowest BCUT2D eigenvalue weighted by Gasteiger charge is -2.15. The average molecular weight is 199 g/mol. The van der Waals surface area contributed by atoms with Crippen molar-refractivity contribution in [2.45, 2.75) is 26.4 Å². The van der Waals surface area contributed by atoms with Crippen LogP contribution >= 0.6 is 11.3 Å². The van der Waals surface area contributed by atoms with Crippen molar-refractivity contribution in [1.82, 2.24) is 10.3 Å². The van der Waals surface area contributed by atoms with Crippen LogP contribution in [0.25, 0.3) is 0 Å². The fourth-order valence-electron chi connectivity index (χ4n) is 0.927. The molecule has 4 heteroatoms. The number of hydrogen-bond donors (Lipinski definition) is 2. The minimum Gasteiger partial charge on any atom is -0.326 e. The Hall–Kier alpha value is -0.450. The van der Waals surface area contributed by atoms with E-state index in [0.29, 0.717) is 5.92 Å². The topological polar surface area (TPSA) is 50.9 Å². The van der Waals surface area contributed by atoms with Gasteiger partial charge in [-0.05, 0) is 5.92 Å². The molecule has 0 amide bonds. The zero-order valence-electron chi connectivity index (χ0n) is 8.16. The van der Waals surface area contributed by atoms with Gasteiger partial charge in [-0.2, -0.15) is 0 Å². The molecule has 1 rings (SSSR count). The molecule has 1 aromatic heterocycles. The zero-order chi connectivity index (χ0) is 9.68. The largest absolute Gasteiger partial charge is 0.326 e. The second kappa shape index (κ2) is 5.32. The second-order valence-corrected chi connectivity index (χ2v) is 4.48. The first-order valence-electron chi connectivity index (χ1n) is 4.54. The highest BCUT2D eigenvalue weighted by Crippen LogP contribution is 2.04. The summed E-state index contributed by atoms with van der Waals surface area (Å²) < 4.78 is 0. The number of aromatic nitrogens is 1. The van der Waals surface area contributed by atoms with Crippen LogP contribution in [-0.4, -0.2) is 17.6 Å². The molecule has 0 saturated heterocycles. The third-order valence-electron chi connectivity index (χ3n) is 2.02. The van der Waals surface area contributed by atoms with E-state index in [2.05, 4.69) is 24.1 Å². The Morgan fingerprint density at radius 3 is 2.92 bits per heavy atom. The predicted octanol–water partition coefficient (Wildman–Crippen LogP) is 1.22. The van der Waals surface area contributed by atoms with Crippen molar-refractivity contribution in [3.63, 3.8) is 0 Å². The highest BCUT2D eigenvalue weighted by Gasteiger charge is 2.06. The number of nitrogens with zero attached hydrogens (tertiary/aromatic N) is 1. The molecule has 13 heavy (non-hydrogen) atoms. The highest BCUT2D eigenvalue weighted by molar-refractivity contribution is 7.09. The van der Waals surface area contributed by atoms with E-state index in [1.807, 2.05) is 11.7 Å². The maximum Gasteiger partial charge on any atom is 0.0794 e. The number of thiazole rings is 1. The Bertz CT molecular complexity index is 221. The Kier molecular flexibility index (Phi) is 4.35. The molecule has 1 unspecified atom stereocenters. The molecule has 0 aliphatic heterocycles. The molecule has 3 N–H and O–H groups in total. The number of hydrogen-bond acceptors (Lipinski definition) is 4. The molecule has 0 bridgehead atoms. The summed E-state index contributed by atoms with van der Waals surface area (Å²) in [4.78, 5) is 5.26. The molecule has 0 radical (unpaired) electrons. The van der Waals surface area contributed by atoms with Crippen molar-refractivity contribution in [2.75, 3.05) is 6.54 Å². The fourth-order valence-corrected chi connectivity index (χ4v) is 1.49. The Labute approximate surface area is 83.4 Å². The third kappa shape index (κ3) is 3.85. The van der Waals surface area contributed by atoms with Gasteiger partial charge in [0.2, 0.25) is 0 Å². The summed E-state index contributed by atoms with van der Waals surface area (Å²) in [6.45, 7) is 6.03. The van der Waals surface area contributed by atoms with E-state index < -0.39 is 0 Å². The van der Waals surface area contributed by atoms with E-state index in [1.54, 1.807) is 11.3 Å². The summed E-state index contributed by atoms with van der Waals surface area (Å²) in [5, 5.41) is 3.31. The normalized spacial score (nSPS) is 13.5. The van der Waals surface area contributed by atoms with Gasteiger partial charge in [-0.3, -0.25) is 4.98 Å². The maximum absolute atomic E-state index is 5.88. The van der Waals surface area contributed by atoms with Crippen molar-refractivity contribution >= 4 is 11.3 Å². The SMILES string of the molecule is CC(C)C(N)CNCc1cncs1. The maximum atomic E-state index is 5.88. The summed E-state index contributed by atoms with van der Waals surface area (Å²) in [7, 11) is 0. The van der Waals surface area contributed by atoms with Crippen LogP contribution in [0.1, 0.15) is 18.7 Å². The van der Waals surface area contributed by atoms with E-state index in [0.717, 1.165) is 13.1 Å². The van der Waals surface area contributed by atoms with Crippen LogP contribution in [0.2, 0.25) is 0 Å². The van der Waals surface area contributed by atoms with Gasteiger partial charge < -0.3 is 11.1 Å². The van der Waals surface area contributed by atoms with Gasteiger partial charge in [0.15, 0.2) is 0 Å². The Morgan fingerprint density at radius 1 is 1.62 bits per heavy atom. The Morgan fingerprint density at radius 2 is 2.38 bits per heavy atom. The molecule has 0 aliphatic carbocycles. The smallest absolute Gasteiger partial charge is 0.0794 e. The molecule has 74 valence electrons. The van der Waals surface area contributed by atoms with Crippen molar-refractivity contribution in [3.05, 3.63) is 16.6 Å². The quantitative estimate of drug-likeness (QED) is 0.749. The summed E-state index contributed by atoms with van der Waals surface area (Å²) in [6.07, 6.45) is 1.89. The van der Waals surface area contributed by atoms with Crippen LogP contribution in [0.5, 0.6) is 0 Å². The first kappa shape index (κ1) is 10.6. The molecule has 0 fully saturated rings. The van der Waals surface area contributed by atoms with Gasteiger partial charge in [0.1, 0.15) is 0 Å². The van der Waals surface area contributed by atoms with Crippen molar-refractivity contribution in [2.24, 2.45) is 11.7 Å². The van der Waals surface area contributed by atoms with E-state index in [1.165, 1.54) is 4.88 Å². The first-order valence-corrected chi connectivity index (χ1v) is 5.41. The molecule has 1 heterocycles. The van der Waals surface area contributed by atoms with Gasteiger partial charge in [-0.15, -0.1) is 11.3 Å². The summed E-state index contributed by atoms with van der Waals surface area (Å²) in [6, 6.07) is 0.243. The van der Waals surface area contributed by atoms with Crippen LogP contribution in [0.15, 0.2) is 11.7 Å². The molecule has 1 aromatic rings. The fraction of sp³-hybridized carbons (Fsp3) is 0.667. The highest BCUT2D eigenvalue weighted by atomic mass is 32.1. The molecule has 0 aromatic carbocycles. The third-order valence-corrected chi connectivity index (χ3v) is 2.80.